The van der Waals surface area contributed by atoms with Gasteiger partial charge in [0.15, 0.2) is 0 Å². The Hall–Kier alpha value is -6.74. The first-order valence-corrected chi connectivity index (χ1v) is 20.6. The zero-order chi connectivity index (χ0) is 38.1. The van der Waals surface area contributed by atoms with E-state index in [-0.39, 0.29) is 5.41 Å². The Kier molecular flexibility index (Phi) is 7.77. The molecule has 57 heavy (non-hydrogen) atoms. The Morgan fingerprint density at radius 3 is 1.46 bits per heavy atom. The Morgan fingerprint density at radius 2 is 0.877 bits per heavy atom. The molecular formula is C55H39NS. The van der Waals surface area contributed by atoms with Crippen LogP contribution in [-0.4, -0.2) is 0 Å². The molecule has 0 saturated heterocycles. The molecule has 1 aromatic heterocycles. The summed E-state index contributed by atoms with van der Waals surface area (Å²) in [6.07, 6.45) is 0. The van der Waals surface area contributed by atoms with Crippen LogP contribution in [-0.2, 0) is 5.41 Å². The van der Waals surface area contributed by atoms with Crippen molar-refractivity contribution >= 4 is 59.3 Å². The second-order valence-corrected chi connectivity index (χ2v) is 16.7. The predicted molar refractivity (Wildman–Crippen MR) is 245 cm³/mol. The number of fused-ring (bicyclic) bond motifs is 10. The number of nitrogens with zero attached hydrogens (tertiary/aromatic N) is 1. The summed E-state index contributed by atoms with van der Waals surface area (Å²) >= 11 is 1.93. The highest BCUT2D eigenvalue weighted by molar-refractivity contribution is 7.26. The molecule has 0 fully saturated rings. The van der Waals surface area contributed by atoms with Crippen LogP contribution in [0.3, 0.4) is 0 Å². The average Bonchev–Trinajstić information content (AvgIpc) is 3.77. The molecule has 0 aliphatic heterocycles. The predicted octanol–water partition coefficient (Wildman–Crippen LogP) is 16.0. The topological polar surface area (TPSA) is 3.24 Å². The van der Waals surface area contributed by atoms with Gasteiger partial charge in [0.1, 0.15) is 0 Å². The minimum absolute atomic E-state index is 0.207. The molecule has 9 aromatic carbocycles. The van der Waals surface area contributed by atoms with Gasteiger partial charge >= 0.3 is 0 Å². The molecule has 10 aromatic rings. The van der Waals surface area contributed by atoms with E-state index in [1.807, 2.05) is 11.3 Å². The summed E-state index contributed by atoms with van der Waals surface area (Å²) in [5.74, 6) is 0. The first-order valence-electron chi connectivity index (χ1n) is 19.8. The van der Waals surface area contributed by atoms with Crippen molar-refractivity contribution in [3.63, 3.8) is 0 Å². The molecule has 0 N–H and O–H groups in total. The van der Waals surface area contributed by atoms with Crippen LogP contribution >= 0.6 is 11.3 Å². The summed E-state index contributed by atoms with van der Waals surface area (Å²) in [4.78, 5) is 2.42. The molecule has 0 amide bonds. The molecule has 2 heteroatoms. The van der Waals surface area contributed by atoms with E-state index >= 15 is 0 Å². The zero-order valence-electron chi connectivity index (χ0n) is 31.9. The Labute approximate surface area is 337 Å². The molecular weight excluding hydrogens is 707 g/mol. The quantitative estimate of drug-likeness (QED) is 0.164. The van der Waals surface area contributed by atoms with Crippen molar-refractivity contribution in [1.82, 2.24) is 0 Å². The van der Waals surface area contributed by atoms with Crippen molar-refractivity contribution in [1.29, 1.82) is 0 Å². The lowest BCUT2D eigenvalue weighted by Gasteiger charge is -2.27. The number of thiophene rings is 1. The van der Waals surface area contributed by atoms with E-state index in [0.717, 1.165) is 17.1 Å². The second kappa shape index (κ2) is 13.2. The van der Waals surface area contributed by atoms with Crippen LogP contribution in [0.4, 0.5) is 17.1 Å². The van der Waals surface area contributed by atoms with Gasteiger partial charge in [0.25, 0.3) is 0 Å². The fourth-order valence-electron chi connectivity index (χ4n) is 9.28. The van der Waals surface area contributed by atoms with Gasteiger partial charge in [-0.2, -0.15) is 0 Å². The van der Waals surface area contributed by atoms with Gasteiger partial charge in [-0.25, -0.2) is 0 Å². The van der Waals surface area contributed by atoms with E-state index in [1.54, 1.807) is 0 Å². The van der Waals surface area contributed by atoms with E-state index in [9.17, 15) is 0 Å². The first-order chi connectivity index (χ1) is 28.0. The van der Waals surface area contributed by atoms with Crippen LogP contribution in [0, 0.1) is 0 Å². The normalized spacial score (nSPS) is 12.9. The van der Waals surface area contributed by atoms with Crippen molar-refractivity contribution in [2.75, 3.05) is 4.90 Å². The lowest BCUT2D eigenvalue weighted by atomic mass is 9.79. The molecule has 0 unspecified atom stereocenters. The van der Waals surface area contributed by atoms with Crippen LogP contribution in [0.25, 0.3) is 75.5 Å². The summed E-state index contributed by atoms with van der Waals surface area (Å²) in [6.45, 7) is 4.86. The summed E-state index contributed by atoms with van der Waals surface area (Å²) in [5.41, 5.74) is 16.0. The van der Waals surface area contributed by atoms with E-state index in [4.69, 9.17) is 0 Å². The minimum atomic E-state index is -0.207. The molecule has 0 radical (unpaired) electrons. The van der Waals surface area contributed by atoms with Crippen LogP contribution < -0.4 is 4.90 Å². The molecule has 1 heterocycles. The fourth-order valence-corrected chi connectivity index (χ4v) is 10.5. The number of benzene rings is 9. The molecule has 11 rings (SSSR count). The van der Waals surface area contributed by atoms with Gasteiger partial charge in [-0.05, 0) is 110 Å². The van der Waals surface area contributed by atoms with Crippen LogP contribution in [0.2, 0.25) is 0 Å². The largest absolute Gasteiger partial charge is 0.310 e. The van der Waals surface area contributed by atoms with Gasteiger partial charge in [0.2, 0.25) is 0 Å². The fraction of sp³-hybridized carbons (Fsp3) is 0.0545. The van der Waals surface area contributed by atoms with E-state index in [0.29, 0.717) is 0 Å². The summed E-state index contributed by atoms with van der Waals surface area (Å²) in [6, 6.07) is 73.4. The molecule has 1 aliphatic carbocycles. The Bertz CT molecular complexity index is 3020. The van der Waals surface area contributed by atoms with Crippen molar-refractivity contribution in [2.45, 2.75) is 19.3 Å². The maximum absolute atomic E-state index is 2.46. The van der Waals surface area contributed by atoms with Gasteiger partial charge in [0.05, 0.1) is 0 Å². The van der Waals surface area contributed by atoms with Crippen molar-refractivity contribution in [2.24, 2.45) is 0 Å². The molecule has 1 aliphatic rings. The van der Waals surface area contributed by atoms with Crippen LogP contribution in [0.5, 0.6) is 0 Å². The summed E-state index contributed by atoms with van der Waals surface area (Å²) < 4.78 is 2.71. The Morgan fingerprint density at radius 1 is 0.404 bits per heavy atom. The lowest BCUT2D eigenvalue weighted by molar-refractivity contribution is 0.667. The zero-order valence-corrected chi connectivity index (χ0v) is 32.7. The molecule has 1 nitrogen and oxygen atoms in total. The third-order valence-corrected chi connectivity index (χ3v) is 13.2. The monoisotopic (exact) mass is 745 g/mol. The maximum Gasteiger partial charge on any atom is 0.0468 e. The van der Waals surface area contributed by atoms with E-state index in [2.05, 4.69) is 219 Å². The van der Waals surface area contributed by atoms with Gasteiger partial charge in [-0.15, -0.1) is 11.3 Å². The van der Waals surface area contributed by atoms with Gasteiger partial charge in [0, 0.05) is 48.0 Å². The molecule has 270 valence electrons. The highest BCUT2D eigenvalue weighted by atomic mass is 32.1. The van der Waals surface area contributed by atoms with Crippen LogP contribution in [0.15, 0.2) is 200 Å². The SMILES string of the molecule is CC1(C)c2ccc(N(c3ccc(-c4ccccc4)cc3)c3ccc(-c4ccccc4)cc3)cc2-c2c1c1c3cc(-c4ccccc4)ccc3sc1c1ccccc21. The van der Waals surface area contributed by atoms with E-state index < -0.39 is 0 Å². The second-order valence-electron chi connectivity index (χ2n) is 15.7. The van der Waals surface area contributed by atoms with Crippen LogP contribution in [0.1, 0.15) is 25.0 Å². The summed E-state index contributed by atoms with van der Waals surface area (Å²) in [5, 5.41) is 5.39. The van der Waals surface area contributed by atoms with Crippen molar-refractivity contribution < 1.29 is 0 Å². The first kappa shape index (κ1) is 33.6. The number of anilines is 3. The minimum Gasteiger partial charge on any atom is -0.310 e. The smallest absolute Gasteiger partial charge is 0.0468 e. The van der Waals surface area contributed by atoms with Gasteiger partial charge in [-0.3, -0.25) is 0 Å². The number of rotatable bonds is 6. The maximum atomic E-state index is 2.46. The standard InChI is InChI=1S/C55H39NS/c1-55(2)49-32-31-44(56(42-27-22-39(23-28-42)36-14-6-3-7-15-36)43-29-24-40(25-30-43)37-16-8-4-9-17-37)35-47(49)51-45-20-12-13-21-46(45)54-52(53(51)55)48-34-41(26-33-50(48)57-54)38-18-10-5-11-19-38/h3-35H,1-2H3. The Balaban J connectivity index is 1.13. The molecule has 0 saturated carbocycles. The van der Waals surface area contributed by atoms with Gasteiger partial charge < -0.3 is 4.90 Å². The molecule has 0 spiro atoms. The number of hydrogen-bond donors (Lipinski definition) is 0. The lowest BCUT2D eigenvalue weighted by Crippen LogP contribution is -2.16. The highest BCUT2D eigenvalue weighted by Crippen LogP contribution is 2.58. The number of hydrogen-bond acceptors (Lipinski definition) is 2. The molecule has 0 atom stereocenters. The highest BCUT2D eigenvalue weighted by Gasteiger charge is 2.40. The molecule has 0 bridgehead atoms. The van der Waals surface area contributed by atoms with Crippen molar-refractivity contribution in [3.8, 4) is 44.5 Å². The third kappa shape index (κ3) is 5.44. The average molecular weight is 746 g/mol. The third-order valence-electron chi connectivity index (χ3n) is 12.0. The van der Waals surface area contributed by atoms with Crippen molar-refractivity contribution in [3.05, 3.63) is 211 Å². The summed E-state index contributed by atoms with van der Waals surface area (Å²) in [7, 11) is 0. The van der Waals surface area contributed by atoms with Gasteiger partial charge in [-0.1, -0.05) is 166 Å². The van der Waals surface area contributed by atoms with E-state index in [1.165, 1.54) is 86.6 Å².